The van der Waals surface area contributed by atoms with Crippen LogP contribution in [-0.4, -0.2) is 171 Å². The van der Waals surface area contributed by atoms with Gasteiger partial charge in [0.2, 0.25) is 34.9 Å². The molecule has 18 nitrogen and oxygen atoms in total. The van der Waals surface area contributed by atoms with Gasteiger partial charge in [0.05, 0.1) is 68.9 Å². The highest BCUT2D eigenvalue weighted by molar-refractivity contribution is 6.87. The Morgan fingerprint density at radius 2 is 0.255 bits per heavy atom. The first kappa shape index (κ1) is 131. The second-order valence-corrected chi connectivity index (χ2v) is 99.9. The third-order valence-electron chi connectivity index (χ3n) is 31.6. The van der Waals surface area contributed by atoms with Gasteiger partial charge in [-0.2, -0.15) is 0 Å². The number of aromatic nitrogens is 12. The number of nitrogens with zero attached hydrogens (tertiary/aromatic N) is 12. The summed E-state index contributed by atoms with van der Waals surface area (Å²) in [5, 5.41) is 63.8. The Kier molecular flexibility index (Phi) is 58.0. The van der Waals surface area contributed by atoms with Crippen LogP contribution in [0.2, 0.25) is 214 Å². The summed E-state index contributed by atoms with van der Waals surface area (Å²) in [4.78, 5) is 54.6. The third-order valence-corrected chi connectivity index (χ3v) is 64.8. The van der Waals surface area contributed by atoms with Crippen molar-refractivity contribution in [3.63, 3.8) is 0 Å². The molecule has 6 rings (SSSR count). The van der Waals surface area contributed by atoms with E-state index in [0.29, 0.717) is 34.9 Å². The molecule has 0 radical (unpaired) electrons. The molecule has 0 unspecified atom stereocenters. The lowest BCUT2D eigenvalue weighted by Crippen LogP contribution is -2.31. The molecule has 6 aromatic heterocycles. The lowest BCUT2D eigenvalue weighted by atomic mass is 10.0. The molecule has 824 valence electrons. The van der Waals surface area contributed by atoms with Gasteiger partial charge in [0.1, 0.15) is 48.4 Å². The first-order valence-corrected chi connectivity index (χ1v) is 90.0. The predicted molar refractivity (Wildman–Crippen MR) is 655 cm³/mol. The van der Waals surface area contributed by atoms with E-state index in [-0.39, 0.29) is 35.5 Å². The lowest BCUT2D eigenvalue weighted by Gasteiger charge is -2.31. The van der Waals surface area contributed by atoms with E-state index < -0.39 is 117 Å². The van der Waals surface area contributed by atoms with E-state index in [1.54, 1.807) is 74.4 Å². The third kappa shape index (κ3) is 53.4. The molecule has 0 aliphatic carbocycles. The van der Waals surface area contributed by atoms with Crippen molar-refractivity contribution in [2.45, 2.75) is 507 Å². The van der Waals surface area contributed by atoms with Crippen LogP contribution in [-0.2, 0) is 0 Å². The highest BCUT2D eigenvalue weighted by Gasteiger charge is 2.34. The van der Waals surface area contributed by atoms with Gasteiger partial charge >= 0.3 is 0 Å². The number of rotatable bonds is 66. The minimum absolute atomic E-state index is 0.0926. The zero-order valence-corrected chi connectivity index (χ0v) is 109. The van der Waals surface area contributed by atoms with Gasteiger partial charge in [0, 0.05) is 108 Å². The number of hydrogen-bond donors (Lipinski definition) is 6. The van der Waals surface area contributed by atoms with Crippen molar-refractivity contribution in [2.75, 3.05) is 0 Å². The molecule has 6 atom stereocenters. The monoisotopic (exact) mass is 2200 g/mol. The summed E-state index contributed by atoms with van der Waals surface area (Å²) < 4.78 is 0. The van der Waals surface area contributed by atoms with Crippen LogP contribution in [0.25, 0.3) is 0 Å². The number of aliphatic hydroxyl groups is 6. The molecule has 0 spiro atoms. The van der Waals surface area contributed by atoms with Gasteiger partial charge in [-0.15, -0.1) is 33.3 Å². The minimum Gasteiger partial charge on any atom is -0.388 e. The summed E-state index contributed by atoms with van der Waals surface area (Å²) in [6.45, 7) is 64.2. The first-order chi connectivity index (χ1) is 70.1. The standard InChI is InChI=1S/C121H204N12O6Si10/c1-98(2)116(134)104-86-122-110(123-87-104)56-80-140(13,14)62-38-29-44-68-146(25,69-45-30-39-63-141(15,16)81-57-111-124-88-105(89-125-111)117(135)99(3)4)74-50-35-53-77-149(28,78-54-36-51-75-147(26,70-46-31-40-64-142(17,18)82-58-112-126-90-106(91-127-112)118(136)100(5)6)71-47-32-41-65-143(19,20)83-59-113-128-92-107(93-129-113)119(137)101(7)8)79-55-37-52-76-148(27,72-48-33-42-66-144(21,22)84-60-114-130-94-108(95-131-114)120(138)102(9)10)73-49-34-43-67-145(23,24)85-61-115-132-96-109(97-133-115)121(139)103(11)12/h86-103,116-121,134-139H,29-55,62-79H2,1-28H3/t116-,117-,118-,119-,120-,121-/m0/s1. The summed E-state index contributed by atoms with van der Waals surface area (Å²) in [7, 11) is -17.4. The molecule has 0 saturated carbocycles. The highest BCUT2D eigenvalue weighted by Crippen LogP contribution is 2.39. The average Bonchev–Trinajstić information content (AvgIpc) is 0.873. The molecule has 0 fully saturated rings. The molecule has 6 heterocycles. The number of hydrogen-bond acceptors (Lipinski definition) is 18. The molecule has 0 bridgehead atoms. The van der Waals surface area contributed by atoms with Gasteiger partial charge in [-0.1, -0.05) is 434 Å². The van der Waals surface area contributed by atoms with Gasteiger partial charge < -0.3 is 30.6 Å². The molecule has 0 aliphatic rings. The van der Waals surface area contributed by atoms with Crippen molar-refractivity contribution >= 4 is 80.7 Å². The smallest absolute Gasteiger partial charge is 0.204 e. The van der Waals surface area contributed by atoms with Crippen LogP contribution in [0.5, 0.6) is 0 Å². The summed E-state index contributed by atoms with van der Waals surface area (Å²) in [5.74, 6) is 23.9. The van der Waals surface area contributed by atoms with Gasteiger partial charge in [-0.25, -0.2) is 59.8 Å². The van der Waals surface area contributed by atoms with Gasteiger partial charge in [-0.05, 0) is 107 Å². The van der Waals surface area contributed by atoms with Crippen LogP contribution in [0.15, 0.2) is 74.4 Å². The van der Waals surface area contributed by atoms with Crippen LogP contribution in [0, 0.1) is 104 Å². The maximum atomic E-state index is 10.6. The molecule has 6 aromatic rings. The Labute approximate surface area is 917 Å². The summed E-state index contributed by atoms with van der Waals surface area (Å²) in [5.41, 5.74) is 26.5. The van der Waals surface area contributed by atoms with E-state index in [1.165, 1.54) is 282 Å². The normalized spacial score (nSPS) is 13.9. The molecule has 0 amide bonds. The predicted octanol–water partition coefficient (Wildman–Crippen LogP) is 30.5. The molecule has 0 aliphatic heterocycles. The lowest BCUT2D eigenvalue weighted by molar-refractivity contribution is 0.126. The Hall–Kier alpha value is -6.23. The van der Waals surface area contributed by atoms with Crippen LogP contribution in [0.4, 0.5) is 0 Å². The molecule has 6 N–H and O–H groups in total. The number of aliphatic hydroxyl groups excluding tert-OH is 6. The Bertz CT molecular complexity index is 4440. The Morgan fingerprint density at radius 1 is 0.161 bits per heavy atom. The Morgan fingerprint density at radius 3 is 0.349 bits per heavy atom. The zero-order valence-electron chi connectivity index (χ0n) is 98.7. The van der Waals surface area contributed by atoms with Crippen molar-refractivity contribution in [1.82, 2.24) is 59.8 Å². The zero-order chi connectivity index (χ0) is 110. The van der Waals surface area contributed by atoms with Crippen molar-refractivity contribution in [2.24, 2.45) is 35.5 Å². The number of unbranched alkanes of at least 4 members (excludes halogenated alkanes) is 18. The van der Waals surface area contributed by atoms with E-state index in [0.717, 1.165) is 33.4 Å². The summed E-state index contributed by atoms with van der Waals surface area (Å²) in [6, 6.07) is 24.2. The fourth-order valence-corrected chi connectivity index (χ4v) is 47.0. The van der Waals surface area contributed by atoms with E-state index in [1.807, 2.05) is 83.1 Å². The van der Waals surface area contributed by atoms with Crippen LogP contribution < -0.4 is 0 Å². The maximum absolute atomic E-state index is 10.6. The SMILES string of the molecule is CC(C)[C@H](O)c1cnc(C#C[Si](C)(C)CCCCC[Si](C)(CCCCC[Si](C)(C)C#Cc2ncc([C@@H](O)C(C)C)cn2)CCCCC[Si](C)(CCCCC[Si](C)(CCCCC[Si](C)(C)C#Cc2ncc([C@@H](O)C(C)C)cn2)CCCCC[Si](C)(C)C#Cc2ncc([C@@H](O)C(C)C)cn2)CCCCC[Si](C)(CCCCC[Si](C)(C)C#Cc2ncc([C@@H](O)C(C)C)cn2)CCCCC[Si](C)(C)C#Cc2ncc([C@@H](O)C(C)C)cn2)nc1. The highest BCUT2D eigenvalue weighted by atomic mass is 28.3. The van der Waals surface area contributed by atoms with Gasteiger partial charge in [0.15, 0.2) is 0 Å². The van der Waals surface area contributed by atoms with E-state index in [4.69, 9.17) is 0 Å². The van der Waals surface area contributed by atoms with Crippen molar-refractivity contribution in [3.05, 3.63) is 143 Å². The largest absolute Gasteiger partial charge is 0.388 e. The van der Waals surface area contributed by atoms with Crippen LogP contribution in [0.3, 0.4) is 0 Å². The Balaban J connectivity index is 1.20. The molecular weight excluding hydrogens is 2000 g/mol. The van der Waals surface area contributed by atoms with Crippen molar-refractivity contribution < 1.29 is 30.6 Å². The molecule has 28 heteroatoms. The second kappa shape index (κ2) is 65.7. The molecular formula is C121H204N12O6Si10. The van der Waals surface area contributed by atoms with Crippen LogP contribution in [0.1, 0.15) is 361 Å². The minimum atomic E-state index is -1.83. The fourth-order valence-electron chi connectivity index (χ4n) is 20.5. The van der Waals surface area contributed by atoms with Crippen molar-refractivity contribution in [1.29, 1.82) is 0 Å². The molecule has 149 heavy (non-hydrogen) atoms. The van der Waals surface area contributed by atoms with Crippen LogP contribution >= 0.6 is 0 Å². The second-order valence-electron chi connectivity index (χ2n) is 52.3. The molecule has 0 aromatic carbocycles. The average molecular weight is 2200 g/mol. The topological polar surface area (TPSA) is 276 Å². The maximum Gasteiger partial charge on any atom is 0.204 e. The van der Waals surface area contributed by atoms with E-state index in [2.05, 4.69) is 233 Å². The fraction of sp³-hybridized carbons (Fsp3) is 0.702. The summed E-state index contributed by atoms with van der Waals surface area (Å²) >= 11 is 0. The van der Waals surface area contributed by atoms with Gasteiger partial charge in [-0.3, -0.25) is 0 Å². The van der Waals surface area contributed by atoms with E-state index in [9.17, 15) is 30.6 Å². The quantitative estimate of drug-likeness (QED) is 0.0118. The first-order valence-electron chi connectivity index (χ1n) is 58.3. The van der Waals surface area contributed by atoms with Gasteiger partial charge in [0.25, 0.3) is 0 Å². The van der Waals surface area contributed by atoms with Crippen molar-refractivity contribution in [3.8, 4) is 68.8 Å². The molecule has 0 saturated heterocycles. The van der Waals surface area contributed by atoms with E-state index >= 15 is 0 Å². The summed E-state index contributed by atoms with van der Waals surface area (Å²) in [6.07, 6.45) is 52.5.